The molecule has 0 saturated carbocycles. The van der Waals surface area contributed by atoms with E-state index in [1.54, 1.807) is 0 Å². The summed E-state index contributed by atoms with van der Waals surface area (Å²) in [4.78, 5) is 0. The van der Waals surface area contributed by atoms with Crippen molar-refractivity contribution in [2.45, 2.75) is 20.1 Å². The number of hydrogen-bond acceptors (Lipinski definition) is 5. The molecule has 2 aromatic carbocycles. The van der Waals surface area contributed by atoms with Gasteiger partial charge in [-0.05, 0) is 30.7 Å². The van der Waals surface area contributed by atoms with Crippen molar-refractivity contribution in [3.05, 3.63) is 58.6 Å². The fourth-order valence-electron chi connectivity index (χ4n) is 2.43. The van der Waals surface area contributed by atoms with Crippen LogP contribution < -0.4 is 20.1 Å². The van der Waals surface area contributed by atoms with Gasteiger partial charge in [0.25, 0.3) is 0 Å². The molecule has 0 amide bonds. The Bertz CT molecular complexity index is 675. The zero-order valence-corrected chi connectivity index (χ0v) is 18.3. The number of halogens is 3. The van der Waals surface area contributed by atoms with Gasteiger partial charge in [0, 0.05) is 36.8 Å². The summed E-state index contributed by atoms with van der Waals surface area (Å²) in [5.41, 5.74) is 2.07. The van der Waals surface area contributed by atoms with Crippen LogP contribution in [0.1, 0.15) is 18.1 Å². The molecule has 0 aliphatic heterocycles. The molecule has 28 heavy (non-hydrogen) atoms. The lowest BCUT2D eigenvalue weighted by molar-refractivity contribution is 0.269. The fraction of sp³-hybridized carbons (Fsp3) is 0.400. The molecule has 0 heterocycles. The molecule has 0 bridgehead atoms. The van der Waals surface area contributed by atoms with E-state index >= 15 is 0 Å². The Balaban J connectivity index is 0.00000364. The van der Waals surface area contributed by atoms with Gasteiger partial charge in [0.05, 0.1) is 13.2 Å². The molecule has 0 aromatic heterocycles. The summed E-state index contributed by atoms with van der Waals surface area (Å²) in [5, 5.41) is 15.9. The molecule has 0 saturated heterocycles. The zero-order valence-electron chi connectivity index (χ0n) is 15.9. The van der Waals surface area contributed by atoms with E-state index in [0.29, 0.717) is 30.5 Å². The molecule has 3 N–H and O–H groups in total. The molecular formula is C20H29Cl3N2O3. The predicted octanol–water partition coefficient (Wildman–Crippen LogP) is 3.83. The molecule has 0 atom stereocenters. The first-order chi connectivity index (χ1) is 12.7. The summed E-state index contributed by atoms with van der Waals surface area (Å²) in [6, 6.07) is 13.6. The van der Waals surface area contributed by atoms with Gasteiger partial charge < -0.3 is 25.2 Å². The van der Waals surface area contributed by atoms with Crippen LogP contribution in [0.3, 0.4) is 0 Å². The maximum Gasteiger partial charge on any atom is 0.161 e. The first kappa shape index (κ1) is 26.8. The minimum Gasteiger partial charge on any atom is -0.490 e. The summed E-state index contributed by atoms with van der Waals surface area (Å²) < 4.78 is 11.6. The Kier molecular flexibility index (Phi) is 15.0. The molecule has 2 rings (SSSR count). The number of nitrogens with one attached hydrogen (secondary N) is 2. The third-order valence-electron chi connectivity index (χ3n) is 3.75. The molecule has 5 nitrogen and oxygen atoms in total. The minimum absolute atomic E-state index is 0. The van der Waals surface area contributed by atoms with Crippen molar-refractivity contribution in [2.24, 2.45) is 0 Å². The van der Waals surface area contributed by atoms with E-state index in [1.165, 1.54) is 0 Å². The maximum atomic E-state index is 8.72. The SMILES string of the molecule is CCOc1cc(CNCCNCCO)ccc1OCc1ccccc1Cl.Cl.Cl. The van der Waals surface area contributed by atoms with Gasteiger partial charge in [-0.25, -0.2) is 0 Å². The van der Waals surface area contributed by atoms with E-state index < -0.39 is 0 Å². The number of rotatable bonds is 12. The minimum atomic E-state index is 0. The molecule has 0 aliphatic rings. The Morgan fingerprint density at radius 1 is 0.929 bits per heavy atom. The van der Waals surface area contributed by atoms with E-state index in [2.05, 4.69) is 10.6 Å². The second kappa shape index (κ2) is 15.7. The van der Waals surface area contributed by atoms with Crippen LogP contribution in [0.4, 0.5) is 0 Å². The Morgan fingerprint density at radius 3 is 2.39 bits per heavy atom. The van der Waals surface area contributed by atoms with E-state index in [1.807, 2.05) is 49.4 Å². The lowest BCUT2D eigenvalue weighted by Crippen LogP contribution is -2.28. The van der Waals surface area contributed by atoms with Crippen LogP contribution in [-0.4, -0.2) is 38.0 Å². The van der Waals surface area contributed by atoms with Gasteiger partial charge in [0.2, 0.25) is 0 Å². The number of aliphatic hydroxyl groups excluding tert-OH is 1. The molecule has 0 aliphatic carbocycles. The van der Waals surface area contributed by atoms with Gasteiger partial charge >= 0.3 is 0 Å². The highest BCUT2D eigenvalue weighted by atomic mass is 35.5. The van der Waals surface area contributed by atoms with Crippen molar-refractivity contribution >= 4 is 36.4 Å². The van der Waals surface area contributed by atoms with Crippen molar-refractivity contribution in [1.82, 2.24) is 10.6 Å². The third kappa shape index (κ3) is 9.32. The average molecular weight is 452 g/mol. The van der Waals surface area contributed by atoms with Crippen molar-refractivity contribution in [3.8, 4) is 11.5 Å². The van der Waals surface area contributed by atoms with Gasteiger partial charge in [-0.15, -0.1) is 24.8 Å². The molecule has 0 radical (unpaired) electrons. The molecule has 158 valence electrons. The monoisotopic (exact) mass is 450 g/mol. The molecule has 2 aromatic rings. The number of aliphatic hydroxyl groups is 1. The molecule has 8 heteroatoms. The second-order valence-electron chi connectivity index (χ2n) is 5.74. The standard InChI is InChI=1S/C20H27ClN2O3.2ClH/c1-2-25-20-13-16(14-23-10-9-22-11-12-24)7-8-19(20)26-15-17-5-3-4-6-18(17)21;;/h3-8,13,22-24H,2,9-12,14-15H2,1H3;2*1H. The summed E-state index contributed by atoms with van der Waals surface area (Å²) >= 11 is 6.18. The average Bonchev–Trinajstić information content (AvgIpc) is 2.65. The van der Waals surface area contributed by atoms with Crippen LogP contribution in [0.2, 0.25) is 5.02 Å². The van der Waals surface area contributed by atoms with Gasteiger partial charge in [-0.3, -0.25) is 0 Å². The summed E-state index contributed by atoms with van der Waals surface area (Å²) in [6.45, 7) is 6.09. The first-order valence-electron chi connectivity index (χ1n) is 8.88. The zero-order chi connectivity index (χ0) is 18.6. The molecular weight excluding hydrogens is 423 g/mol. The Hall–Kier alpha value is -1.21. The van der Waals surface area contributed by atoms with Crippen LogP contribution in [0.25, 0.3) is 0 Å². The highest BCUT2D eigenvalue weighted by Crippen LogP contribution is 2.30. The van der Waals surface area contributed by atoms with Crippen LogP contribution in [0.5, 0.6) is 11.5 Å². The Morgan fingerprint density at radius 2 is 1.68 bits per heavy atom. The van der Waals surface area contributed by atoms with Gasteiger partial charge in [0.15, 0.2) is 11.5 Å². The molecule has 0 unspecified atom stereocenters. The summed E-state index contributed by atoms with van der Waals surface area (Å²) in [7, 11) is 0. The molecule has 0 fully saturated rings. The normalized spacial score (nSPS) is 9.96. The van der Waals surface area contributed by atoms with E-state index in [-0.39, 0.29) is 31.4 Å². The fourth-order valence-corrected chi connectivity index (χ4v) is 2.62. The van der Waals surface area contributed by atoms with Crippen molar-refractivity contribution in [1.29, 1.82) is 0 Å². The van der Waals surface area contributed by atoms with E-state index in [0.717, 1.165) is 36.5 Å². The number of hydrogen-bond donors (Lipinski definition) is 3. The predicted molar refractivity (Wildman–Crippen MR) is 120 cm³/mol. The van der Waals surface area contributed by atoms with Gasteiger partial charge in [-0.2, -0.15) is 0 Å². The van der Waals surface area contributed by atoms with Crippen LogP contribution in [0, 0.1) is 0 Å². The van der Waals surface area contributed by atoms with Crippen LogP contribution in [-0.2, 0) is 13.2 Å². The van der Waals surface area contributed by atoms with E-state index in [9.17, 15) is 0 Å². The van der Waals surface area contributed by atoms with Gasteiger partial charge in [0.1, 0.15) is 6.61 Å². The largest absolute Gasteiger partial charge is 0.490 e. The quantitative estimate of drug-likeness (QED) is 0.428. The Labute approximate surface area is 184 Å². The summed E-state index contributed by atoms with van der Waals surface area (Å²) in [5.74, 6) is 1.44. The maximum absolute atomic E-state index is 8.72. The lowest BCUT2D eigenvalue weighted by atomic mass is 10.2. The topological polar surface area (TPSA) is 62.8 Å². The highest BCUT2D eigenvalue weighted by molar-refractivity contribution is 6.31. The summed E-state index contributed by atoms with van der Waals surface area (Å²) in [6.07, 6.45) is 0. The number of benzene rings is 2. The van der Waals surface area contributed by atoms with Crippen molar-refractivity contribution in [3.63, 3.8) is 0 Å². The smallest absolute Gasteiger partial charge is 0.161 e. The second-order valence-corrected chi connectivity index (χ2v) is 6.15. The van der Waals surface area contributed by atoms with Crippen LogP contribution in [0.15, 0.2) is 42.5 Å². The van der Waals surface area contributed by atoms with Crippen LogP contribution >= 0.6 is 36.4 Å². The lowest BCUT2D eigenvalue weighted by Gasteiger charge is -2.14. The third-order valence-corrected chi connectivity index (χ3v) is 4.11. The number of ether oxygens (including phenoxy) is 2. The molecule has 0 spiro atoms. The highest BCUT2D eigenvalue weighted by Gasteiger charge is 2.08. The van der Waals surface area contributed by atoms with E-state index in [4.69, 9.17) is 26.2 Å². The van der Waals surface area contributed by atoms with Crippen molar-refractivity contribution < 1.29 is 14.6 Å². The van der Waals surface area contributed by atoms with Crippen molar-refractivity contribution in [2.75, 3.05) is 32.8 Å². The first-order valence-corrected chi connectivity index (χ1v) is 9.26. The van der Waals surface area contributed by atoms with Gasteiger partial charge in [-0.1, -0.05) is 35.9 Å².